The van der Waals surface area contributed by atoms with Crippen LogP contribution in [-0.4, -0.2) is 21.4 Å². The van der Waals surface area contributed by atoms with Gasteiger partial charge in [-0.1, -0.05) is 36.4 Å². The van der Waals surface area contributed by atoms with Gasteiger partial charge in [0.2, 0.25) is 0 Å². The van der Waals surface area contributed by atoms with Gasteiger partial charge in [-0.15, -0.1) is 0 Å². The third-order valence-corrected chi connectivity index (χ3v) is 4.56. The van der Waals surface area contributed by atoms with Gasteiger partial charge in [0.25, 0.3) is 0 Å². The number of aliphatic hydroxyl groups excluding tert-OH is 3. The second-order valence-corrected chi connectivity index (χ2v) is 6.67. The van der Waals surface area contributed by atoms with Gasteiger partial charge in [-0.3, -0.25) is 0 Å². The summed E-state index contributed by atoms with van der Waals surface area (Å²) in [6.07, 6.45) is 3.49. The number of benzene rings is 2. The van der Waals surface area contributed by atoms with Crippen LogP contribution in [0.15, 0.2) is 60.2 Å². The van der Waals surface area contributed by atoms with Gasteiger partial charge in [0.15, 0.2) is 0 Å². The Morgan fingerprint density at radius 2 is 1.74 bits per heavy atom. The van der Waals surface area contributed by atoms with Crippen LogP contribution in [0.4, 0.5) is 0 Å². The number of aliphatic hydroxyl groups is 3. The van der Waals surface area contributed by atoms with Gasteiger partial charge in [0.1, 0.15) is 12.4 Å². The van der Waals surface area contributed by atoms with E-state index in [1.807, 2.05) is 44.2 Å². The van der Waals surface area contributed by atoms with Crippen LogP contribution in [0.1, 0.15) is 43.0 Å². The Morgan fingerprint density at radius 3 is 2.41 bits per heavy atom. The molecule has 0 saturated carbocycles. The Bertz CT molecular complexity index is 819. The number of hydrogen-bond donors (Lipinski definition) is 3. The van der Waals surface area contributed by atoms with Gasteiger partial charge in [-0.2, -0.15) is 0 Å². The number of rotatable bonds is 8. The zero-order valence-corrected chi connectivity index (χ0v) is 16.1. The lowest BCUT2D eigenvalue weighted by Crippen LogP contribution is -2.00. The fraction of sp³-hybridized carbons (Fsp3) is 0.304. The highest BCUT2D eigenvalue weighted by molar-refractivity contribution is 5.65. The van der Waals surface area contributed by atoms with Gasteiger partial charge in [-0.25, -0.2) is 0 Å². The van der Waals surface area contributed by atoms with Crippen molar-refractivity contribution in [1.82, 2.24) is 0 Å². The molecule has 4 nitrogen and oxygen atoms in total. The molecule has 0 heterocycles. The Kier molecular flexibility index (Phi) is 7.80. The molecule has 0 aliphatic rings. The van der Waals surface area contributed by atoms with E-state index in [4.69, 9.17) is 4.74 Å². The van der Waals surface area contributed by atoms with E-state index in [9.17, 15) is 15.3 Å². The molecule has 0 saturated heterocycles. The first-order valence-corrected chi connectivity index (χ1v) is 9.03. The summed E-state index contributed by atoms with van der Waals surface area (Å²) in [5.74, 6) is 0.657. The SMILES string of the molecule is C/C(=C\C=C(/C)C(C)O)c1cccc(COc2ccc(CO)c(CO)c2)c1. The highest BCUT2D eigenvalue weighted by atomic mass is 16.5. The fourth-order valence-electron chi connectivity index (χ4n) is 2.56. The van der Waals surface area contributed by atoms with E-state index in [1.165, 1.54) is 0 Å². The molecule has 0 aromatic heterocycles. The molecule has 3 N–H and O–H groups in total. The standard InChI is InChI=1S/C23H28O4/c1-16(18(3)26)7-8-17(2)20-6-4-5-19(11-20)15-27-23-10-9-21(13-24)22(12-23)14-25/h4-12,18,24-26H,13-15H2,1-3H3/b16-7+,17-8+. The first-order chi connectivity index (χ1) is 12.9. The molecule has 144 valence electrons. The molecule has 1 atom stereocenters. The molecule has 1 unspecified atom stereocenters. The van der Waals surface area contributed by atoms with Crippen LogP contribution < -0.4 is 4.74 Å². The molecule has 0 aliphatic carbocycles. The molecule has 0 radical (unpaired) electrons. The van der Waals surface area contributed by atoms with Crippen molar-refractivity contribution in [2.45, 2.75) is 46.7 Å². The van der Waals surface area contributed by atoms with Gasteiger partial charge >= 0.3 is 0 Å². The Balaban J connectivity index is 2.10. The maximum absolute atomic E-state index is 9.55. The maximum Gasteiger partial charge on any atom is 0.120 e. The predicted octanol–water partition coefficient (Wildman–Crippen LogP) is 3.98. The number of hydrogen-bond acceptors (Lipinski definition) is 4. The van der Waals surface area contributed by atoms with E-state index in [0.717, 1.165) is 22.3 Å². The van der Waals surface area contributed by atoms with Crippen molar-refractivity contribution in [2.75, 3.05) is 0 Å². The Labute approximate surface area is 161 Å². The molecule has 0 fully saturated rings. The lowest BCUT2D eigenvalue weighted by molar-refractivity contribution is 0.231. The van der Waals surface area contributed by atoms with Gasteiger partial charge in [0, 0.05) is 0 Å². The molecule has 0 spiro atoms. The van der Waals surface area contributed by atoms with Crippen molar-refractivity contribution < 1.29 is 20.1 Å². The highest BCUT2D eigenvalue weighted by Gasteiger charge is 2.05. The van der Waals surface area contributed by atoms with Crippen LogP contribution in [0.2, 0.25) is 0 Å². The normalized spacial score (nSPS) is 13.6. The highest BCUT2D eigenvalue weighted by Crippen LogP contribution is 2.21. The zero-order chi connectivity index (χ0) is 19.8. The number of allylic oxidation sites excluding steroid dienone is 3. The van der Waals surface area contributed by atoms with E-state index in [2.05, 4.69) is 6.07 Å². The lowest BCUT2D eigenvalue weighted by Gasteiger charge is -2.11. The summed E-state index contributed by atoms with van der Waals surface area (Å²) in [6, 6.07) is 13.4. The third kappa shape index (κ3) is 6.07. The van der Waals surface area contributed by atoms with Crippen molar-refractivity contribution in [3.05, 3.63) is 82.4 Å². The molecule has 2 rings (SSSR count). The molecule has 4 heteroatoms. The number of ether oxygens (including phenoxy) is 1. The fourth-order valence-corrected chi connectivity index (χ4v) is 2.56. The molecular formula is C23H28O4. The summed E-state index contributed by atoms with van der Waals surface area (Å²) in [5, 5.41) is 28.2. The van der Waals surface area contributed by atoms with E-state index in [-0.39, 0.29) is 13.2 Å². The minimum atomic E-state index is -0.449. The Hall–Kier alpha value is -2.40. The topological polar surface area (TPSA) is 69.9 Å². The molecular weight excluding hydrogens is 340 g/mol. The average molecular weight is 368 g/mol. The minimum Gasteiger partial charge on any atom is -0.489 e. The van der Waals surface area contributed by atoms with Crippen LogP contribution in [0.3, 0.4) is 0 Å². The van der Waals surface area contributed by atoms with E-state index >= 15 is 0 Å². The van der Waals surface area contributed by atoms with Crippen LogP contribution >= 0.6 is 0 Å². The summed E-state index contributed by atoms with van der Waals surface area (Å²) >= 11 is 0. The minimum absolute atomic E-state index is 0.104. The van der Waals surface area contributed by atoms with Gasteiger partial charge in [-0.05, 0) is 72.4 Å². The molecule has 27 heavy (non-hydrogen) atoms. The van der Waals surface area contributed by atoms with Crippen LogP contribution in [0, 0.1) is 0 Å². The van der Waals surface area contributed by atoms with Gasteiger partial charge < -0.3 is 20.1 Å². The zero-order valence-electron chi connectivity index (χ0n) is 16.1. The van der Waals surface area contributed by atoms with Crippen LogP contribution in [0.25, 0.3) is 5.57 Å². The van der Waals surface area contributed by atoms with Crippen LogP contribution in [-0.2, 0) is 19.8 Å². The molecule has 2 aromatic rings. The van der Waals surface area contributed by atoms with E-state index < -0.39 is 6.10 Å². The predicted molar refractivity (Wildman–Crippen MR) is 108 cm³/mol. The first-order valence-electron chi connectivity index (χ1n) is 9.03. The van der Waals surface area contributed by atoms with Crippen molar-refractivity contribution in [3.63, 3.8) is 0 Å². The van der Waals surface area contributed by atoms with Crippen molar-refractivity contribution >= 4 is 5.57 Å². The average Bonchev–Trinajstić information content (AvgIpc) is 2.69. The second-order valence-electron chi connectivity index (χ2n) is 6.67. The quantitative estimate of drug-likeness (QED) is 0.617. The van der Waals surface area contributed by atoms with Crippen molar-refractivity contribution in [3.8, 4) is 5.75 Å². The van der Waals surface area contributed by atoms with E-state index in [1.54, 1.807) is 25.1 Å². The summed E-state index contributed by atoms with van der Waals surface area (Å²) in [5.41, 5.74) is 5.52. The van der Waals surface area contributed by atoms with E-state index in [0.29, 0.717) is 23.5 Å². The molecule has 0 amide bonds. The largest absolute Gasteiger partial charge is 0.489 e. The molecule has 0 aliphatic heterocycles. The summed E-state index contributed by atoms with van der Waals surface area (Å²) in [6.45, 7) is 5.86. The summed E-state index contributed by atoms with van der Waals surface area (Å²) < 4.78 is 5.84. The molecule has 0 bridgehead atoms. The van der Waals surface area contributed by atoms with Gasteiger partial charge in [0.05, 0.1) is 19.3 Å². The summed E-state index contributed by atoms with van der Waals surface area (Å²) in [7, 11) is 0. The maximum atomic E-state index is 9.55. The Morgan fingerprint density at radius 1 is 1.00 bits per heavy atom. The second kappa shape index (κ2) is 10.1. The lowest BCUT2D eigenvalue weighted by atomic mass is 10.0. The third-order valence-electron chi connectivity index (χ3n) is 4.56. The molecule has 2 aromatic carbocycles. The van der Waals surface area contributed by atoms with Crippen molar-refractivity contribution in [1.29, 1.82) is 0 Å². The van der Waals surface area contributed by atoms with Crippen molar-refractivity contribution in [2.24, 2.45) is 0 Å². The monoisotopic (exact) mass is 368 g/mol. The smallest absolute Gasteiger partial charge is 0.120 e. The summed E-state index contributed by atoms with van der Waals surface area (Å²) in [4.78, 5) is 0. The van der Waals surface area contributed by atoms with Crippen LogP contribution in [0.5, 0.6) is 5.75 Å². The first kappa shape index (κ1) is 20.9.